The SMILES string of the molecule is CC/C=C\CC(O)C(C/C=C\C=C/CC/C=C\CCCCCC=O)[N+](=O)[O-]. The number of nitrogens with zero attached hydrogens (tertiary/aromatic N) is 1. The Morgan fingerprint density at radius 2 is 1.52 bits per heavy atom. The molecule has 0 bridgehead atoms. The number of allylic oxidation sites excluding steroid dienone is 6. The third kappa shape index (κ3) is 15.9. The average Bonchev–Trinajstić information content (AvgIpc) is 2.64. The van der Waals surface area contributed by atoms with E-state index in [1.807, 2.05) is 31.2 Å². The molecule has 27 heavy (non-hydrogen) atoms. The van der Waals surface area contributed by atoms with Gasteiger partial charge < -0.3 is 9.90 Å². The minimum absolute atomic E-state index is 0.225. The summed E-state index contributed by atoms with van der Waals surface area (Å²) in [6, 6.07) is -0.967. The van der Waals surface area contributed by atoms with Crippen molar-refractivity contribution in [3.05, 3.63) is 58.7 Å². The van der Waals surface area contributed by atoms with E-state index in [-0.39, 0.29) is 6.42 Å². The second-order valence-electron chi connectivity index (χ2n) is 6.48. The highest BCUT2D eigenvalue weighted by Gasteiger charge is 2.27. The highest BCUT2D eigenvalue weighted by molar-refractivity contribution is 5.48. The molecule has 0 aromatic heterocycles. The number of hydrogen-bond donors (Lipinski definition) is 1. The standard InChI is InChI=1S/C22H35NO4/c1-2-3-15-19-22(25)21(23(26)27)18-16-13-11-9-7-5-4-6-8-10-12-14-17-20-24/h3-4,6,9,11,13,15-16,20-22,25H,2,5,7-8,10,12,14,17-19H2,1H3/b6-4-,11-9-,15-3-,16-13-. The van der Waals surface area contributed by atoms with Crippen molar-refractivity contribution >= 4 is 6.29 Å². The summed E-state index contributed by atoms with van der Waals surface area (Å²) in [7, 11) is 0. The number of aldehydes is 1. The fraction of sp³-hybridized carbons (Fsp3) is 0.591. The number of hydrogen-bond acceptors (Lipinski definition) is 4. The molecular formula is C22H35NO4. The first-order valence-corrected chi connectivity index (χ1v) is 10.00. The number of aliphatic hydroxyl groups excluding tert-OH is 1. The number of aliphatic hydroxyl groups is 1. The Balaban J connectivity index is 3.92. The zero-order valence-corrected chi connectivity index (χ0v) is 16.5. The van der Waals surface area contributed by atoms with Crippen LogP contribution in [0.5, 0.6) is 0 Å². The van der Waals surface area contributed by atoms with Crippen LogP contribution in [-0.2, 0) is 4.79 Å². The summed E-state index contributed by atoms with van der Waals surface area (Å²) < 4.78 is 0. The van der Waals surface area contributed by atoms with Crippen LogP contribution in [0, 0.1) is 10.1 Å². The van der Waals surface area contributed by atoms with Crippen molar-refractivity contribution < 1.29 is 14.8 Å². The Bertz CT molecular complexity index is 495. The Hall–Kier alpha value is -2.01. The van der Waals surface area contributed by atoms with Crippen LogP contribution in [0.3, 0.4) is 0 Å². The van der Waals surface area contributed by atoms with Crippen LogP contribution in [0.1, 0.15) is 71.1 Å². The molecule has 0 fully saturated rings. The Kier molecular flexibility index (Phi) is 17.4. The normalized spacial score (nSPS) is 14.6. The Labute approximate surface area is 163 Å². The number of nitro groups is 1. The van der Waals surface area contributed by atoms with Crippen molar-refractivity contribution in [1.29, 1.82) is 0 Å². The van der Waals surface area contributed by atoms with Gasteiger partial charge in [0.05, 0.1) is 0 Å². The van der Waals surface area contributed by atoms with Crippen molar-refractivity contribution in [1.82, 2.24) is 0 Å². The number of unbranched alkanes of at least 4 members (excludes halogenated alkanes) is 5. The van der Waals surface area contributed by atoms with Crippen molar-refractivity contribution in [2.24, 2.45) is 0 Å². The maximum Gasteiger partial charge on any atom is 0.242 e. The van der Waals surface area contributed by atoms with Crippen molar-refractivity contribution in [3.63, 3.8) is 0 Å². The van der Waals surface area contributed by atoms with Crippen LogP contribution in [0.2, 0.25) is 0 Å². The van der Waals surface area contributed by atoms with E-state index < -0.39 is 17.1 Å². The van der Waals surface area contributed by atoms with Gasteiger partial charge in [0.1, 0.15) is 12.4 Å². The van der Waals surface area contributed by atoms with Crippen LogP contribution in [-0.4, -0.2) is 28.5 Å². The largest absolute Gasteiger partial charge is 0.386 e. The molecule has 0 saturated carbocycles. The Morgan fingerprint density at radius 3 is 2.22 bits per heavy atom. The topological polar surface area (TPSA) is 80.4 Å². The molecule has 0 heterocycles. The van der Waals surface area contributed by atoms with E-state index in [2.05, 4.69) is 12.2 Å². The molecule has 0 rings (SSSR count). The van der Waals surface area contributed by atoms with Crippen LogP contribution in [0.4, 0.5) is 0 Å². The lowest BCUT2D eigenvalue weighted by Gasteiger charge is -2.12. The minimum atomic E-state index is -0.967. The molecule has 0 aliphatic rings. The average molecular weight is 378 g/mol. The highest BCUT2D eigenvalue weighted by atomic mass is 16.6. The van der Waals surface area contributed by atoms with Gasteiger partial charge in [0.2, 0.25) is 6.04 Å². The highest BCUT2D eigenvalue weighted by Crippen LogP contribution is 2.10. The van der Waals surface area contributed by atoms with Crippen LogP contribution in [0.15, 0.2) is 48.6 Å². The zero-order chi connectivity index (χ0) is 20.2. The maximum atomic E-state index is 11.1. The van der Waals surface area contributed by atoms with E-state index >= 15 is 0 Å². The molecule has 2 unspecified atom stereocenters. The molecule has 2 atom stereocenters. The summed E-state index contributed by atoms with van der Waals surface area (Å²) in [5.74, 6) is 0. The molecule has 0 aromatic carbocycles. The molecule has 0 aromatic rings. The number of carbonyl (C=O) groups excluding carboxylic acids is 1. The lowest BCUT2D eigenvalue weighted by molar-refractivity contribution is -0.533. The van der Waals surface area contributed by atoms with Gasteiger partial charge in [0.15, 0.2) is 0 Å². The zero-order valence-electron chi connectivity index (χ0n) is 16.5. The Morgan fingerprint density at radius 1 is 0.852 bits per heavy atom. The molecule has 1 N–H and O–H groups in total. The molecule has 0 aliphatic carbocycles. The second kappa shape index (κ2) is 18.8. The first-order chi connectivity index (χ1) is 13.1. The van der Waals surface area contributed by atoms with Crippen molar-refractivity contribution in [2.75, 3.05) is 0 Å². The van der Waals surface area contributed by atoms with Crippen molar-refractivity contribution in [3.8, 4) is 0 Å². The number of rotatable bonds is 17. The minimum Gasteiger partial charge on any atom is -0.386 e. The summed E-state index contributed by atoms with van der Waals surface area (Å²) in [5, 5.41) is 21.0. The van der Waals surface area contributed by atoms with Crippen LogP contribution < -0.4 is 0 Å². The summed E-state index contributed by atoms with van der Waals surface area (Å²) in [6.45, 7) is 1.98. The van der Waals surface area contributed by atoms with Crippen LogP contribution in [0.25, 0.3) is 0 Å². The molecule has 5 nitrogen and oxygen atoms in total. The van der Waals surface area contributed by atoms with Gasteiger partial charge in [-0.1, -0.05) is 62.0 Å². The van der Waals surface area contributed by atoms with Gasteiger partial charge in [-0.2, -0.15) is 0 Å². The lowest BCUT2D eigenvalue weighted by Crippen LogP contribution is -2.32. The molecule has 0 amide bonds. The second-order valence-corrected chi connectivity index (χ2v) is 6.48. The van der Waals surface area contributed by atoms with E-state index in [0.29, 0.717) is 12.8 Å². The molecule has 0 spiro atoms. The van der Waals surface area contributed by atoms with Gasteiger partial charge in [0, 0.05) is 17.8 Å². The predicted octanol–water partition coefficient (Wildman–Crippen LogP) is 5.34. The van der Waals surface area contributed by atoms with Gasteiger partial charge in [-0.05, 0) is 44.9 Å². The summed E-state index contributed by atoms with van der Waals surface area (Å²) in [4.78, 5) is 20.9. The molecular weight excluding hydrogens is 342 g/mol. The lowest BCUT2D eigenvalue weighted by atomic mass is 10.0. The fourth-order valence-corrected chi connectivity index (χ4v) is 2.51. The predicted molar refractivity (Wildman–Crippen MR) is 111 cm³/mol. The van der Waals surface area contributed by atoms with E-state index in [1.54, 1.807) is 12.2 Å². The van der Waals surface area contributed by atoms with E-state index in [1.165, 1.54) is 0 Å². The summed E-state index contributed by atoms with van der Waals surface area (Å²) in [6.07, 6.45) is 23.8. The van der Waals surface area contributed by atoms with Gasteiger partial charge in [-0.3, -0.25) is 10.1 Å². The van der Waals surface area contributed by atoms with Gasteiger partial charge in [-0.25, -0.2) is 0 Å². The monoisotopic (exact) mass is 377 g/mol. The van der Waals surface area contributed by atoms with Gasteiger partial charge >= 0.3 is 0 Å². The summed E-state index contributed by atoms with van der Waals surface area (Å²) in [5.41, 5.74) is 0. The number of carbonyl (C=O) groups is 1. The fourth-order valence-electron chi connectivity index (χ4n) is 2.51. The quantitative estimate of drug-likeness (QED) is 0.0926. The van der Waals surface area contributed by atoms with Gasteiger partial charge in [-0.15, -0.1) is 0 Å². The molecule has 0 saturated heterocycles. The van der Waals surface area contributed by atoms with E-state index in [0.717, 1.165) is 51.2 Å². The third-order valence-electron chi connectivity index (χ3n) is 4.12. The van der Waals surface area contributed by atoms with Crippen molar-refractivity contribution in [2.45, 2.75) is 83.3 Å². The molecule has 5 heteroatoms. The first kappa shape index (κ1) is 25.0. The van der Waals surface area contributed by atoms with E-state index in [9.17, 15) is 20.0 Å². The smallest absolute Gasteiger partial charge is 0.242 e. The van der Waals surface area contributed by atoms with Crippen LogP contribution >= 0.6 is 0 Å². The first-order valence-electron chi connectivity index (χ1n) is 10.00. The third-order valence-corrected chi connectivity index (χ3v) is 4.12. The summed E-state index contributed by atoms with van der Waals surface area (Å²) >= 11 is 0. The molecule has 152 valence electrons. The molecule has 0 radical (unpaired) electrons. The van der Waals surface area contributed by atoms with E-state index in [4.69, 9.17) is 0 Å². The van der Waals surface area contributed by atoms with Gasteiger partial charge in [0.25, 0.3) is 0 Å². The maximum absolute atomic E-state index is 11.1. The molecule has 0 aliphatic heterocycles.